The van der Waals surface area contributed by atoms with Crippen LogP contribution in [0.2, 0.25) is 0 Å². The maximum Gasteiger partial charge on any atom is 0.164 e. The topological polar surface area (TPSA) is 38.7 Å². The maximum absolute atomic E-state index is 9.59. The Kier molecular flexibility index (Phi) is 4.10. The van der Waals surface area contributed by atoms with Gasteiger partial charge in [0, 0.05) is 12.1 Å². The van der Waals surface area contributed by atoms with Gasteiger partial charge in [0.2, 0.25) is 0 Å². The van der Waals surface area contributed by atoms with Crippen molar-refractivity contribution < 1.29 is 14.6 Å². The van der Waals surface area contributed by atoms with Crippen molar-refractivity contribution in [3.63, 3.8) is 0 Å². The number of benzene rings is 2. The predicted octanol–water partition coefficient (Wildman–Crippen LogP) is 3.74. The molecule has 2 rings (SSSR count). The fourth-order valence-corrected chi connectivity index (χ4v) is 1.98. The monoisotopic (exact) mass is 308 g/mol. The minimum absolute atomic E-state index is 0.0800. The number of methoxy groups -OCH3 is 1. The van der Waals surface area contributed by atoms with Gasteiger partial charge in [-0.25, -0.2) is 0 Å². The molecule has 0 amide bonds. The molecule has 0 spiro atoms. The normalized spacial score (nSPS) is 10.1. The molecule has 0 fully saturated rings. The summed E-state index contributed by atoms with van der Waals surface area (Å²) in [5.41, 5.74) is 1.08. The third-order valence-electron chi connectivity index (χ3n) is 2.47. The zero-order valence-corrected chi connectivity index (χ0v) is 11.5. The third-order valence-corrected chi connectivity index (χ3v) is 3.09. The first kappa shape index (κ1) is 12.8. The van der Waals surface area contributed by atoms with Crippen LogP contribution in [0.5, 0.6) is 17.2 Å². The molecule has 2 aromatic rings. The van der Waals surface area contributed by atoms with Crippen LogP contribution in [0.1, 0.15) is 5.56 Å². The highest BCUT2D eigenvalue weighted by atomic mass is 79.9. The number of phenolic OH excluding ortho intramolecular Hbond substituents is 1. The zero-order chi connectivity index (χ0) is 13.0. The van der Waals surface area contributed by atoms with Crippen molar-refractivity contribution in [1.29, 1.82) is 0 Å². The van der Waals surface area contributed by atoms with Gasteiger partial charge in [-0.15, -0.1) is 0 Å². The Morgan fingerprint density at radius 3 is 2.50 bits per heavy atom. The molecule has 2 aromatic carbocycles. The lowest BCUT2D eigenvalue weighted by molar-refractivity contribution is 0.299. The zero-order valence-electron chi connectivity index (χ0n) is 9.89. The minimum Gasteiger partial charge on any atom is -0.504 e. The molecule has 0 bridgehead atoms. The fourth-order valence-electron chi connectivity index (χ4n) is 1.53. The summed E-state index contributed by atoms with van der Waals surface area (Å²) in [6.07, 6.45) is 0. The number of aromatic hydroxyl groups is 1. The van der Waals surface area contributed by atoms with E-state index in [9.17, 15) is 5.11 Å². The lowest BCUT2D eigenvalue weighted by Gasteiger charge is -2.11. The number of rotatable bonds is 4. The van der Waals surface area contributed by atoms with E-state index in [1.165, 1.54) is 7.11 Å². The molecule has 18 heavy (non-hydrogen) atoms. The average molecular weight is 309 g/mol. The molecule has 0 aliphatic rings. The summed E-state index contributed by atoms with van der Waals surface area (Å²) in [5, 5.41) is 9.59. The summed E-state index contributed by atoms with van der Waals surface area (Å²) in [6, 6.07) is 13.1. The Morgan fingerprint density at radius 1 is 1.11 bits per heavy atom. The van der Waals surface area contributed by atoms with Gasteiger partial charge < -0.3 is 14.6 Å². The number of halogens is 1. The third kappa shape index (κ3) is 2.96. The number of ether oxygens (including phenoxy) is 2. The lowest BCUT2D eigenvalue weighted by atomic mass is 10.2. The fraction of sp³-hybridized carbons (Fsp3) is 0.143. The van der Waals surface area contributed by atoms with Crippen molar-refractivity contribution in [2.24, 2.45) is 0 Å². The Labute approximate surface area is 114 Å². The molecule has 0 unspecified atom stereocenters. The Bertz CT molecular complexity index is 526. The molecule has 0 aliphatic heterocycles. The lowest BCUT2D eigenvalue weighted by Crippen LogP contribution is -1.96. The Balaban J connectivity index is 2.14. The van der Waals surface area contributed by atoms with Crippen molar-refractivity contribution in [1.82, 2.24) is 0 Å². The molecule has 1 N–H and O–H groups in total. The van der Waals surface area contributed by atoms with Gasteiger partial charge in [-0.1, -0.05) is 30.3 Å². The molecule has 0 heterocycles. The summed E-state index contributed by atoms with van der Waals surface area (Å²) < 4.78 is 11.4. The predicted molar refractivity (Wildman–Crippen MR) is 73.1 cm³/mol. The first-order valence-electron chi connectivity index (χ1n) is 5.44. The second-order valence-corrected chi connectivity index (χ2v) is 4.58. The SMILES string of the molecule is COc1cc(OCc2ccccc2)c(Br)cc1O. The summed E-state index contributed by atoms with van der Waals surface area (Å²) in [5.74, 6) is 1.10. The smallest absolute Gasteiger partial charge is 0.164 e. The molecule has 0 saturated heterocycles. The van der Waals surface area contributed by atoms with Crippen LogP contribution in [0.3, 0.4) is 0 Å². The molecule has 4 heteroatoms. The summed E-state index contributed by atoms with van der Waals surface area (Å²) in [4.78, 5) is 0. The summed E-state index contributed by atoms with van der Waals surface area (Å²) in [6.45, 7) is 0.466. The molecule has 3 nitrogen and oxygen atoms in total. The van der Waals surface area contributed by atoms with E-state index in [2.05, 4.69) is 15.9 Å². The van der Waals surface area contributed by atoms with Crippen LogP contribution in [-0.2, 0) is 6.61 Å². The van der Waals surface area contributed by atoms with E-state index < -0.39 is 0 Å². The van der Waals surface area contributed by atoms with Crippen molar-refractivity contribution in [2.45, 2.75) is 6.61 Å². The molecule has 0 saturated carbocycles. The van der Waals surface area contributed by atoms with Crippen molar-refractivity contribution in [2.75, 3.05) is 7.11 Å². The molecular weight excluding hydrogens is 296 g/mol. The number of phenols is 1. The van der Waals surface area contributed by atoms with Crippen LogP contribution < -0.4 is 9.47 Å². The Morgan fingerprint density at radius 2 is 1.83 bits per heavy atom. The van der Waals surface area contributed by atoms with Gasteiger partial charge in [-0.3, -0.25) is 0 Å². The van der Waals surface area contributed by atoms with E-state index in [1.807, 2.05) is 30.3 Å². The molecule has 94 valence electrons. The van der Waals surface area contributed by atoms with Crippen LogP contribution in [0.25, 0.3) is 0 Å². The van der Waals surface area contributed by atoms with Gasteiger partial charge in [0.1, 0.15) is 12.4 Å². The van der Waals surface area contributed by atoms with E-state index in [-0.39, 0.29) is 5.75 Å². The van der Waals surface area contributed by atoms with Crippen LogP contribution in [0.4, 0.5) is 0 Å². The van der Waals surface area contributed by atoms with E-state index in [4.69, 9.17) is 9.47 Å². The van der Waals surface area contributed by atoms with E-state index in [0.29, 0.717) is 22.6 Å². The Hall–Kier alpha value is -1.68. The van der Waals surface area contributed by atoms with E-state index in [1.54, 1.807) is 12.1 Å². The highest BCUT2D eigenvalue weighted by Crippen LogP contribution is 2.37. The highest BCUT2D eigenvalue weighted by molar-refractivity contribution is 9.10. The van der Waals surface area contributed by atoms with Crippen LogP contribution in [0, 0.1) is 0 Å². The number of hydrogen-bond donors (Lipinski definition) is 1. The second-order valence-electron chi connectivity index (χ2n) is 3.73. The van der Waals surface area contributed by atoms with Gasteiger partial charge >= 0.3 is 0 Å². The summed E-state index contributed by atoms with van der Waals surface area (Å²) in [7, 11) is 1.50. The second kappa shape index (κ2) is 5.78. The molecule has 0 aromatic heterocycles. The van der Waals surface area contributed by atoms with Crippen molar-refractivity contribution in [3.05, 3.63) is 52.5 Å². The van der Waals surface area contributed by atoms with Gasteiger partial charge in [0.15, 0.2) is 11.5 Å². The van der Waals surface area contributed by atoms with Crippen LogP contribution in [-0.4, -0.2) is 12.2 Å². The summed E-state index contributed by atoms with van der Waals surface area (Å²) >= 11 is 3.34. The maximum atomic E-state index is 9.59. The minimum atomic E-state index is 0.0800. The van der Waals surface area contributed by atoms with Gasteiger partial charge in [-0.2, -0.15) is 0 Å². The largest absolute Gasteiger partial charge is 0.504 e. The van der Waals surface area contributed by atoms with E-state index in [0.717, 1.165) is 5.56 Å². The molecule has 0 aliphatic carbocycles. The van der Waals surface area contributed by atoms with Crippen LogP contribution >= 0.6 is 15.9 Å². The van der Waals surface area contributed by atoms with Crippen molar-refractivity contribution in [3.8, 4) is 17.2 Å². The van der Waals surface area contributed by atoms with Crippen LogP contribution in [0.15, 0.2) is 46.9 Å². The first-order valence-corrected chi connectivity index (χ1v) is 6.23. The van der Waals surface area contributed by atoms with Gasteiger partial charge in [0.25, 0.3) is 0 Å². The standard InChI is InChI=1S/C14H13BrO3/c1-17-14-8-13(11(15)7-12(14)16)18-9-10-5-3-2-4-6-10/h2-8,16H,9H2,1H3. The quantitative estimate of drug-likeness (QED) is 0.935. The molecule has 0 radical (unpaired) electrons. The van der Waals surface area contributed by atoms with Crippen molar-refractivity contribution >= 4 is 15.9 Å². The highest BCUT2D eigenvalue weighted by Gasteiger charge is 2.09. The van der Waals surface area contributed by atoms with Gasteiger partial charge in [0.05, 0.1) is 11.6 Å². The average Bonchev–Trinajstić information content (AvgIpc) is 2.39. The molecular formula is C14H13BrO3. The first-order chi connectivity index (χ1) is 8.70. The van der Waals surface area contributed by atoms with E-state index >= 15 is 0 Å². The number of hydrogen-bond acceptors (Lipinski definition) is 3. The van der Waals surface area contributed by atoms with Gasteiger partial charge in [-0.05, 0) is 21.5 Å². The molecule has 0 atom stereocenters.